The van der Waals surface area contributed by atoms with Gasteiger partial charge in [0.2, 0.25) is 5.91 Å². The molecule has 2 rings (SSSR count). The van der Waals surface area contributed by atoms with E-state index in [1.165, 1.54) is 0 Å². The first kappa shape index (κ1) is 12.8. The Bertz CT molecular complexity index is 450. The highest BCUT2D eigenvalue weighted by Gasteiger charge is 2.24. The van der Waals surface area contributed by atoms with Crippen LogP contribution >= 0.6 is 0 Å². The smallest absolute Gasteiger partial charge is 0.224 e. The highest BCUT2D eigenvalue weighted by molar-refractivity contribution is 5.83. The Hall–Kier alpha value is -1.64. The van der Waals surface area contributed by atoms with Crippen LogP contribution in [0, 0.1) is 5.92 Å². The van der Waals surface area contributed by atoms with Gasteiger partial charge in [-0.1, -0.05) is 24.3 Å². The Labute approximate surface area is 107 Å². The molecule has 1 fully saturated rings. The molecule has 0 aromatic heterocycles. The van der Waals surface area contributed by atoms with Crippen LogP contribution in [-0.2, 0) is 16.0 Å². The van der Waals surface area contributed by atoms with Crippen molar-refractivity contribution in [1.82, 2.24) is 0 Å². The molecule has 1 aromatic carbocycles. The first-order valence-corrected chi connectivity index (χ1v) is 6.49. The minimum atomic E-state index is -0.311. The summed E-state index contributed by atoms with van der Waals surface area (Å²) in [5, 5.41) is 0. The van der Waals surface area contributed by atoms with Crippen molar-refractivity contribution >= 4 is 11.7 Å². The molecule has 0 bridgehead atoms. The molecule has 1 aliphatic rings. The molecule has 1 saturated carbocycles. The number of carbonyl (C=O) groups excluding carboxylic acids is 2. The summed E-state index contributed by atoms with van der Waals surface area (Å²) in [4.78, 5) is 22.7. The highest BCUT2D eigenvalue weighted by Crippen LogP contribution is 2.25. The third-order valence-corrected chi connectivity index (χ3v) is 3.82. The zero-order chi connectivity index (χ0) is 13.1. The molecule has 0 radical (unpaired) electrons. The number of hydrogen-bond donors (Lipinski definition) is 1. The largest absolute Gasteiger partial charge is 0.369 e. The first-order chi connectivity index (χ1) is 8.58. The highest BCUT2D eigenvalue weighted by atomic mass is 16.1. The summed E-state index contributed by atoms with van der Waals surface area (Å²) in [7, 11) is 0. The number of Topliss-reactive ketones (excluding diaryl/α,β-unsaturated/α-hetero) is 1. The van der Waals surface area contributed by atoms with E-state index in [4.69, 9.17) is 5.73 Å². The Morgan fingerprint density at radius 1 is 1.39 bits per heavy atom. The van der Waals surface area contributed by atoms with E-state index in [1.807, 2.05) is 24.3 Å². The van der Waals surface area contributed by atoms with Crippen LogP contribution < -0.4 is 5.73 Å². The van der Waals surface area contributed by atoms with Crippen molar-refractivity contribution in [2.75, 3.05) is 0 Å². The molecular weight excluding hydrogens is 226 g/mol. The maximum absolute atomic E-state index is 11.6. The Balaban J connectivity index is 2.03. The van der Waals surface area contributed by atoms with Crippen LogP contribution in [0.15, 0.2) is 24.3 Å². The van der Waals surface area contributed by atoms with Crippen molar-refractivity contribution in [1.29, 1.82) is 0 Å². The predicted octanol–water partition coefficient (Wildman–Crippen LogP) is 2.19. The van der Waals surface area contributed by atoms with Gasteiger partial charge in [0.25, 0.3) is 0 Å². The Morgan fingerprint density at radius 3 is 2.56 bits per heavy atom. The number of rotatable bonds is 4. The average Bonchev–Trinajstić information content (AvgIpc) is 2.75. The van der Waals surface area contributed by atoms with Crippen molar-refractivity contribution < 1.29 is 9.59 Å². The third kappa shape index (κ3) is 2.78. The van der Waals surface area contributed by atoms with Gasteiger partial charge >= 0.3 is 0 Å². The van der Waals surface area contributed by atoms with Crippen molar-refractivity contribution in [2.45, 2.75) is 38.5 Å². The van der Waals surface area contributed by atoms with Gasteiger partial charge in [-0.05, 0) is 37.3 Å². The molecule has 2 N–H and O–H groups in total. The van der Waals surface area contributed by atoms with E-state index in [9.17, 15) is 9.59 Å². The predicted molar refractivity (Wildman–Crippen MR) is 70.1 cm³/mol. The zero-order valence-electron chi connectivity index (χ0n) is 10.7. The molecule has 2 unspecified atom stereocenters. The summed E-state index contributed by atoms with van der Waals surface area (Å²) >= 11 is 0. The van der Waals surface area contributed by atoms with Crippen LogP contribution in [0.2, 0.25) is 0 Å². The molecule has 2 atom stereocenters. The second-order valence-corrected chi connectivity index (χ2v) is 5.13. The van der Waals surface area contributed by atoms with Crippen LogP contribution in [-0.4, -0.2) is 11.7 Å². The van der Waals surface area contributed by atoms with E-state index in [0.29, 0.717) is 5.78 Å². The van der Waals surface area contributed by atoms with Gasteiger partial charge in [-0.3, -0.25) is 9.59 Å². The molecular formula is C15H19NO2. The number of ketones is 1. The topological polar surface area (TPSA) is 60.2 Å². The summed E-state index contributed by atoms with van der Waals surface area (Å²) in [6.07, 6.45) is 3.60. The van der Waals surface area contributed by atoms with Crippen molar-refractivity contribution in [3.05, 3.63) is 35.4 Å². The van der Waals surface area contributed by atoms with Crippen LogP contribution in [0.25, 0.3) is 0 Å². The van der Waals surface area contributed by atoms with Crippen molar-refractivity contribution in [2.24, 2.45) is 11.7 Å². The standard InChI is InChI=1S/C15H19NO2/c1-10(15(16)18)12-7-5-11(6-8-12)9-13-3-2-4-14(13)17/h5-8,10,13H,2-4,9H2,1H3,(H2,16,18). The third-order valence-electron chi connectivity index (χ3n) is 3.82. The number of nitrogens with two attached hydrogens (primary N) is 1. The van der Waals surface area contributed by atoms with E-state index < -0.39 is 0 Å². The Kier molecular flexibility index (Phi) is 3.80. The molecule has 0 aliphatic heterocycles. The van der Waals surface area contributed by atoms with Gasteiger partial charge in [0.1, 0.15) is 5.78 Å². The molecule has 1 aromatic rings. The number of benzene rings is 1. The van der Waals surface area contributed by atoms with E-state index >= 15 is 0 Å². The number of primary amides is 1. The molecule has 0 saturated heterocycles. The van der Waals surface area contributed by atoms with Crippen molar-refractivity contribution in [3.63, 3.8) is 0 Å². The van der Waals surface area contributed by atoms with Crippen LogP contribution in [0.5, 0.6) is 0 Å². The molecule has 3 nitrogen and oxygen atoms in total. The Morgan fingerprint density at radius 2 is 2.06 bits per heavy atom. The second kappa shape index (κ2) is 5.34. The second-order valence-electron chi connectivity index (χ2n) is 5.13. The monoisotopic (exact) mass is 245 g/mol. The minimum absolute atomic E-state index is 0.199. The number of hydrogen-bond acceptors (Lipinski definition) is 2. The maximum Gasteiger partial charge on any atom is 0.224 e. The summed E-state index contributed by atoms with van der Waals surface area (Å²) in [6.45, 7) is 1.80. The number of carbonyl (C=O) groups is 2. The maximum atomic E-state index is 11.6. The summed E-state index contributed by atoms with van der Waals surface area (Å²) in [5.41, 5.74) is 7.37. The van der Waals surface area contributed by atoms with E-state index in [2.05, 4.69) is 0 Å². The fraction of sp³-hybridized carbons (Fsp3) is 0.467. The van der Waals surface area contributed by atoms with Crippen LogP contribution in [0.1, 0.15) is 43.2 Å². The lowest BCUT2D eigenvalue weighted by atomic mass is 9.94. The van der Waals surface area contributed by atoms with Gasteiger partial charge in [0, 0.05) is 12.3 Å². The number of amides is 1. The van der Waals surface area contributed by atoms with Gasteiger partial charge in [0.15, 0.2) is 0 Å². The lowest BCUT2D eigenvalue weighted by Gasteiger charge is -2.11. The van der Waals surface area contributed by atoms with Gasteiger partial charge in [-0.25, -0.2) is 0 Å². The molecule has 0 spiro atoms. The first-order valence-electron chi connectivity index (χ1n) is 6.49. The van der Waals surface area contributed by atoms with E-state index in [0.717, 1.165) is 36.8 Å². The van der Waals surface area contributed by atoms with Gasteiger partial charge in [-0.2, -0.15) is 0 Å². The summed E-state index contributed by atoms with van der Waals surface area (Å²) < 4.78 is 0. The van der Waals surface area contributed by atoms with Crippen LogP contribution in [0.4, 0.5) is 0 Å². The normalized spacial score (nSPS) is 20.9. The molecule has 1 aliphatic carbocycles. The minimum Gasteiger partial charge on any atom is -0.369 e. The van der Waals surface area contributed by atoms with Gasteiger partial charge in [-0.15, -0.1) is 0 Å². The molecule has 1 amide bonds. The summed E-state index contributed by atoms with van der Waals surface area (Å²) in [6, 6.07) is 7.87. The van der Waals surface area contributed by atoms with Crippen LogP contribution in [0.3, 0.4) is 0 Å². The zero-order valence-corrected chi connectivity index (χ0v) is 10.7. The molecule has 3 heteroatoms. The quantitative estimate of drug-likeness (QED) is 0.883. The van der Waals surface area contributed by atoms with Crippen molar-refractivity contribution in [3.8, 4) is 0 Å². The van der Waals surface area contributed by atoms with E-state index in [-0.39, 0.29) is 17.7 Å². The molecule has 18 heavy (non-hydrogen) atoms. The lowest BCUT2D eigenvalue weighted by Crippen LogP contribution is -2.18. The van der Waals surface area contributed by atoms with Gasteiger partial charge in [0.05, 0.1) is 5.92 Å². The van der Waals surface area contributed by atoms with E-state index in [1.54, 1.807) is 6.92 Å². The average molecular weight is 245 g/mol. The fourth-order valence-electron chi connectivity index (χ4n) is 2.49. The SMILES string of the molecule is CC(C(N)=O)c1ccc(CC2CCCC2=O)cc1. The molecule has 0 heterocycles. The lowest BCUT2D eigenvalue weighted by molar-refractivity contribution is -0.120. The van der Waals surface area contributed by atoms with Gasteiger partial charge < -0.3 is 5.73 Å². The molecule has 96 valence electrons. The summed E-state index contributed by atoms with van der Waals surface area (Å²) in [5.74, 6) is 0.0230. The fourth-order valence-corrected chi connectivity index (χ4v) is 2.49.